The first-order chi connectivity index (χ1) is 9.74. The minimum atomic E-state index is 0.533. The molecule has 0 spiro atoms. The SMILES string of the molecule is CCNC(CCCc1ccccc1)C1(C)CCCCC1. The van der Waals surface area contributed by atoms with Gasteiger partial charge in [0.15, 0.2) is 0 Å². The van der Waals surface area contributed by atoms with Crippen molar-refractivity contribution in [3.05, 3.63) is 35.9 Å². The highest BCUT2D eigenvalue weighted by atomic mass is 14.9. The first kappa shape index (κ1) is 15.6. The maximum absolute atomic E-state index is 3.78. The van der Waals surface area contributed by atoms with Crippen LogP contribution in [0, 0.1) is 5.41 Å². The first-order valence-electron chi connectivity index (χ1n) is 8.52. The average molecular weight is 273 g/mol. The fourth-order valence-electron chi connectivity index (χ4n) is 3.81. The molecule has 0 heterocycles. The molecule has 1 atom stereocenters. The van der Waals surface area contributed by atoms with Gasteiger partial charge in [-0.25, -0.2) is 0 Å². The highest BCUT2D eigenvalue weighted by Crippen LogP contribution is 2.40. The summed E-state index contributed by atoms with van der Waals surface area (Å²) in [4.78, 5) is 0. The molecule has 1 heteroatoms. The third-order valence-electron chi connectivity index (χ3n) is 5.09. The Labute approximate surface area is 125 Å². The van der Waals surface area contributed by atoms with Gasteiger partial charge in [0.1, 0.15) is 0 Å². The van der Waals surface area contributed by atoms with Crippen molar-refractivity contribution in [1.29, 1.82) is 0 Å². The lowest BCUT2D eigenvalue weighted by Gasteiger charge is -2.41. The van der Waals surface area contributed by atoms with Gasteiger partial charge in [-0.3, -0.25) is 0 Å². The van der Waals surface area contributed by atoms with Gasteiger partial charge in [0.2, 0.25) is 0 Å². The molecular weight excluding hydrogens is 242 g/mol. The summed E-state index contributed by atoms with van der Waals surface area (Å²) in [5.41, 5.74) is 2.02. The lowest BCUT2D eigenvalue weighted by molar-refractivity contribution is 0.137. The number of benzene rings is 1. The van der Waals surface area contributed by atoms with E-state index in [1.807, 2.05) is 0 Å². The Kier molecular flexibility index (Phi) is 6.09. The molecule has 0 radical (unpaired) electrons. The topological polar surface area (TPSA) is 12.0 Å². The molecule has 20 heavy (non-hydrogen) atoms. The molecule has 1 aromatic carbocycles. The quantitative estimate of drug-likeness (QED) is 0.740. The van der Waals surface area contributed by atoms with Crippen molar-refractivity contribution in [3.63, 3.8) is 0 Å². The van der Waals surface area contributed by atoms with E-state index in [2.05, 4.69) is 49.5 Å². The van der Waals surface area contributed by atoms with Gasteiger partial charge >= 0.3 is 0 Å². The van der Waals surface area contributed by atoms with E-state index in [1.54, 1.807) is 0 Å². The summed E-state index contributed by atoms with van der Waals surface area (Å²) in [6.45, 7) is 5.87. The number of aryl methyl sites for hydroxylation is 1. The van der Waals surface area contributed by atoms with Crippen LogP contribution in [-0.4, -0.2) is 12.6 Å². The van der Waals surface area contributed by atoms with Crippen LogP contribution in [0.5, 0.6) is 0 Å². The van der Waals surface area contributed by atoms with E-state index in [1.165, 1.54) is 56.9 Å². The molecule has 2 rings (SSSR count). The van der Waals surface area contributed by atoms with E-state index in [0.29, 0.717) is 11.5 Å². The molecule has 1 aliphatic carbocycles. The fourth-order valence-corrected chi connectivity index (χ4v) is 3.81. The molecule has 1 aliphatic rings. The first-order valence-corrected chi connectivity index (χ1v) is 8.52. The lowest BCUT2D eigenvalue weighted by Crippen LogP contribution is -2.44. The molecule has 1 saturated carbocycles. The number of hydrogen-bond acceptors (Lipinski definition) is 1. The predicted octanol–water partition coefficient (Wildman–Crippen LogP) is 4.96. The van der Waals surface area contributed by atoms with Crippen molar-refractivity contribution in [2.75, 3.05) is 6.54 Å². The van der Waals surface area contributed by atoms with E-state index < -0.39 is 0 Å². The summed E-state index contributed by atoms with van der Waals surface area (Å²) in [6.07, 6.45) is 11.0. The van der Waals surface area contributed by atoms with E-state index >= 15 is 0 Å². The second kappa shape index (κ2) is 7.83. The second-order valence-electron chi connectivity index (χ2n) is 6.70. The highest BCUT2D eigenvalue weighted by Gasteiger charge is 2.34. The molecule has 0 aliphatic heterocycles. The van der Waals surface area contributed by atoms with Crippen molar-refractivity contribution < 1.29 is 0 Å². The smallest absolute Gasteiger partial charge is 0.0121 e. The molecule has 0 saturated heterocycles. The number of nitrogens with one attached hydrogen (secondary N) is 1. The predicted molar refractivity (Wildman–Crippen MR) is 88.0 cm³/mol. The molecule has 0 amide bonds. The lowest BCUT2D eigenvalue weighted by atomic mass is 9.69. The molecule has 0 bridgehead atoms. The van der Waals surface area contributed by atoms with Crippen LogP contribution in [0.15, 0.2) is 30.3 Å². The van der Waals surface area contributed by atoms with Crippen LogP contribution in [0.25, 0.3) is 0 Å². The van der Waals surface area contributed by atoms with E-state index in [0.717, 1.165) is 6.54 Å². The summed E-state index contributed by atoms with van der Waals surface area (Å²) >= 11 is 0. The van der Waals surface area contributed by atoms with E-state index in [4.69, 9.17) is 0 Å². The van der Waals surface area contributed by atoms with Crippen molar-refractivity contribution in [2.24, 2.45) is 5.41 Å². The Morgan fingerprint density at radius 1 is 1.10 bits per heavy atom. The maximum atomic E-state index is 3.78. The van der Waals surface area contributed by atoms with Gasteiger partial charge in [-0.1, -0.05) is 63.4 Å². The zero-order chi connectivity index (χ0) is 14.3. The Balaban J connectivity index is 1.85. The van der Waals surface area contributed by atoms with Gasteiger partial charge < -0.3 is 5.32 Å². The van der Waals surface area contributed by atoms with Crippen LogP contribution >= 0.6 is 0 Å². The molecular formula is C19H31N. The van der Waals surface area contributed by atoms with Crippen LogP contribution in [0.1, 0.15) is 64.4 Å². The number of rotatable bonds is 7. The van der Waals surface area contributed by atoms with Gasteiger partial charge in [-0.15, -0.1) is 0 Å². The van der Waals surface area contributed by atoms with Gasteiger partial charge in [0, 0.05) is 6.04 Å². The minimum absolute atomic E-state index is 0.533. The summed E-state index contributed by atoms with van der Waals surface area (Å²) in [5.74, 6) is 0. The van der Waals surface area contributed by atoms with Crippen LogP contribution in [0.2, 0.25) is 0 Å². The molecule has 1 nitrogen and oxygen atoms in total. The zero-order valence-electron chi connectivity index (χ0n) is 13.3. The second-order valence-corrected chi connectivity index (χ2v) is 6.70. The monoisotopic (exact) mass is 273 g/mol. The molecule has 0 aromatic heterocycles. The highest BCUT2D eigenvalue weighted by molar-refractivity contribution is 5.14. The third-order valence-corrected chi connectivity index (χ3v) is 5.09. The average Bonchev–Trinajstić information content (AvgIpc) is 2.48. The van der Waals surface area contributed by atoms with Crippen molar-refractivity contribution in [2.45, 2.75) is 71.3 Å². The molecule has 112 valence electrons. The van der Waals surface area contributed by atoms with Crippen LogP contribution in [-0.2, 0) is 6.42 Å². The Hall–Kier alpha value is -0.820. The summed E-state index contributed by atoms with van der Waals surface area (Å²) in [5, 5.41) is 3.78. The Bertz CT molecular complexity index is 365. The molecule has 1 fully saturated rings. The van der Waals surface area contributed by atoms with Gasteiger partial charge in [-0.2, -0.15) is 0 Å². The normalized spacial score (nSPS) is 19.7. The van der Waals surface area contributed by atoms with Crippen LogP contribution < -0.4 is 5.32 Å². The third kappa shape index (κ3) is 4.34. The van der Waals surface area contributed by atoms with Gasteiger partial charge in [-0.05, 0) is 49.6 Å². The largest absolute Gasteiger partial charge is 0.314 e. The summed E-state index contributed by atoms with van der Waals surface area (Å²) in [7, 11) is 0. The Morgan fingerprint density at radius 3 is 2.45 bits per heavy atom. The zero-order valence-corrected chi connectivity index (χ0v) is 13.3. The van der Waals surface area contributed by atoms with Crippen LogP contribution in [0.3, 0.4) is 0 Å². The van der Waals surface area contributed by atoms with Crippen molar-refractivity contribution >= 4 is 0 Å². The fraction of sp³-hybridized carbons (Fsp3) is 0.684. The molecule has 1 unspecified atom stereocenters. The summed E-state index contributed by atoms with van der Waals surface area (Å²) in [6, 6.07) is 11.6. The maximum Gasteiger partial charge on any atom is 0.0121 e. The molecule has 1 aromatic rings. The van der Waals surface area contributed by atoms with Crippen molar-refractivity contribution in [3.8, 4) is 0 Å². The van der Waals surface area contributed by atoms with E-state index in [-0.39, 0.29) is 0 Å². The van der Waals surface area contributed by atoms with Crippen LogP contribution in [0.4, 0.5) is 0 Å². The Morgan fingerprint density at radius 2 is 1.80 bits per heavy atom. The minimum Gasteiger partial charge on any atom is -0.314 e. The standard InChI is InChI=1S/C19H31N/c1-3-20-18(19(2)15-8-5-9-16-19)14-10-13-17-11-6-4-7-12-17/h4,6-7,11-12,18,20H,3,5,8-10,13-16H2,1-2H3. The number of hydrogen-bond donors (Lipinski definition) is 1. The van der Waals surface area contributed by atoms with Gasteiger partial charge in [0.25, 0.3) is 0 Å². The van der Waals surface area contributed by atoms with Crippen molar-refractivity contribution in [1.82, 2.24) is 5.32 Å². The van der Waals surface area contributed by atoms with Gasteiger partial charge in [0.05, 0.1) is 0 Å². The molecule has 1 N–H and O–H groups in total. The van der Waals surface area contributed by atoms with E-state index in [9.17, 15) is 0 Å². The summed E-state index contributed by atoms with van der Waals surface area (Å²) < 4.78 is 0.